The molecule has 4 aromatic rings. The van der Waals surface area contributed by atoms with Gasteiger partial charge < -0.3 is 9.14 Å². The van der Waals surface area contributed by atoms with E-state index in [4.69, 9.17) is 4.74 Å². The predicted molar refractivity (Wildman–Crippen MR) is 98.5 cm³/mol. The Morgan fingerprint density at radius 1 is 1.12 bits per heavy atom. The number of benzene rings is 2. The molecule has 0 fully saturated rings. The molecule has 0 radical (unpaired) electrons. The van der Waals surface area contributed by atoms with Crippen molar-refractivity contribution in [3.8, 4) is 11.3 Å². The quantitative estimate of drug-likeness (QED) is 0.532. The lowest BCUT2D eigenvalue weighted by atomic mass is 10.1. The number of aryl methyl sites for hydroxylation is 1. The Balaban J connectivity index is 2.07. The monoisotopic (exact) mass is 331 g/mol. The molecule has 0 spiro atoms. The van der Waals surface area contributed by atoms with Gasteiger partial charge in [0, 0.05) is 17.0 Å². The molecule has 0 aliphatic carbocycles. The number of ether oxygens (including phenoxy) is 1. The molecule has 2 aromatic carbocycles. The molecule has 124 valence electrons. The highest BCUT2D eigenvalue weighted by Gasteiger charge is 2.19. The van der Waals surface area contributed by atoms with Gasteiger partial charge in [0.1, 0.15) is 5.56 Å². The summed E-state index contributed by atoms with van der Waals surface area (Å²) in [7, 11) is 0. The minimum atomic E-state index is -0.585. The molecule has 0 aliphatic rings. The number of hydrogen-bond acceptors (Lipinski definition) is 3. The van der Waals surface area contributed by atoms with Crippen molar-refractivity contribution in [3.05, 3.63) is 76.1 Å². The summed E-state index contributed by atoms with van der Waals surface area (Å²) in [6.07, 6.45) is 1.60. The number of carbonyl (C=O) groups is 1. The van der Waals surface area contributed by atoms with Crippen LogP contribution in [0.15, 0.2) is 59.5 Å². The van der Waals surface area contributed by atoms with E-state index in [0.29, 0.717) is 5.39 Å². The minimum Gasteiger partial charge on any atom is -0.462 e. The van der Waals surface area contributed by atoms with Crippen LogP contribution in [-0.4, -0.2) is 17.0 Å². The van der Waals surface area contributed by atoms with Gasteiger partial charge in [-0.15, -0.1) is 0 Å². The fourth-order valence-corrected chi connectivity index (χ4v) is 3.24. The molecule has 0 saturated heterocycles. The van der Waals surface area contributed by atoms with Crippen LogP contribution in [0, 0.1) is 6.92 Å². The first-order valence-corrected chi connectivity index (χ1v) is 8.24. The van der Waals surface area contributed by atoms with E-state index in [2.05, 4.69) is 0 Å². The first kappa shape index (κ1) is 15.4. The van der Waals surface area contributed by atoms with E-state index in [1.54, 1.807) is 19.2 Å². The molecule has 4 heteroatoms. The van der Waals surface area contributed by atoms with Crippen LogP contribution in [0.1, 0.15) is 22.8 Å². The summed E-state index contributed by atoms with van der Waals surface area (Å²) < 4.78 is 6.98. The van der Waals surface area contributed by atoms with Gasteiger partial charge in [-0.2, -0.15) is 0 Å². The fourth-order valence-electron chi connectivity index (χ4n) is 3.24. The Hall–Kier alpha value is -3.14. The third kappa shape index (κ3) is 2.38. The van der Waals surface area contributed by atoms with Crippen molar-refractivity contribution >= 4 is 22.3 Å². The van der Waals surface area contributed by atoms with Crippen molar-refractivity contribution in [2.45, 2.75) is 13.8 Å². The van der Waals surface area contributed by atoms with Crippen LogP contribution in [-0.2, 0) is 4.74 Å². The van der Waals surface area contributed by atoms with E-state index >= 15 is 0 Å². The van der Waals surface area contributed by atoms with Crippen molar-refractivity contribution in [3.63, 3.8) is 0 Å². The van der Waals surface area contributed by atoms with Crippen LogP contribution in [0.2, 0.25) is 0 Å². The second kappa shape index (κ2) is 5.74. The summed E-state index contributed by atoms with van der Waals surface area (Å²) in [5.74, 6) is -0.585. The average molecular weight is 331 g/mol. The normalized spacial score (nSPS) is 11.3. The van der Waals surface area contributed by atoms with Crippen molar-refractivity contribution < 1.29 is 9.53 Å². The topological polar surface area (TPSA) is 47.8 Å². The van der Waals surface area contributed by atoms with Crippen LogP contribution in [0.4, 0.5) is 0 Å². The molecular formula is C21H17NO3. The maximum Gasteiger partial charge on any atom is 0.343 e. The number of esters is 1. The molecule has 2 heterocycles. The molecule has 0 amide bonds. The lowest BCUT2D eigenvalue weighted by Gasteiger charge is -2.08. The maximum absolute atomic E-state index is 12.7. The Labute approximate surface area is 144 Å². The van der Waals surface area contributed by atoms with Crippen LogP contribution < -0.4 is 5.43 Å². The summed E-state index contributed by atoms with van der Waals surface area (Å²) in [6.45, 7) is 4.00. The zero-order valence-electron chi connectivity index (χ0n) is 14.1. The highest BCUT2D eigenvalue weighted by Crippen LogP contribution is 2.30. The van der Waals surface area contributed by atoms with Gasteiger partial charge in [0.05, 0.1) is 17.8 Å². The molecular weight excluding hydrogens is 314 g/mol. The van der Waals surface area contributed by atoms with Crippen molar-refractivity contribution in [2.75, 3.05) is 6.61 Å². The van der Waals surface area contributed by atoms with Gasteiger partial charge in [0.2, 0.25) is 5.43 Å². The average Bonchev–Trinajstić information content (AvgIpc) is 2.98. The van der Waals surface area contributed by atoms with E-state index in [9.17, 15) is 9.59 Å². The molecule has 0 bridgehead atoms. The molecule has 0 saturated carbocycles. The SMILES string of the molecule is CCOC(=O)c1cn2c(-c3ccc(C)cc3)cc3cccc(c1=O)c32. The lowest BCUT2D eigenvalue weighted by molar-refractivity contribution is 0.0524. The number of hydrogen-bond donors (Lipinski definition) is 0. The highest BCUT2D eigenvalue weighted by molar-refractivity contribution is 6.02. The molecule has 0 aliphatic heterocycles. The second-order valence-corrected chi connectivity index (χ2v) is 6.10. The van der Waals surface area contributed by atoms with Crippen molar-refractivity contribution in [1.82, 2.24) is 4.40 Å². The van der Waals surface area contributed by atoms with Crippen LogP contribution in [0.3, 0.4) is 0 Å². The fraction of sp³-hybridized carbons (Fsp3) is 0.143. The molecule has 0 atom stereocenters. The number of para-hydroxylation sites is 1. The van der Waals surface area contributed by atoms with E-state index in [0.717, 1.165) is 22.2 Å². The van der Waals surface area contributed by atoms with Crippen molar-refractivity contribution in [2.24, 2.45) is 0 Å². The lowest BCUT2D eigenvalue weighted by Crippen LogP contribution is -2.19. The van der Waals surface area contributed by atoms with Crippen LogP contribution in [0.5, 0.6) is 0 Å². The predicted octanol–water partition coefficient (Wildman–Crippen LogP) is 4.04. The molecule has 4 rings (SSSR count). The summed E-state index contributed by atoms with van der Waals surface area (Å²) in [5.41, 5.74) is 3.75. The van der Waals surface area contributed by atoms with E-state index in [1.807, 2.05) is 53.8 Å². The summed E-state index contributed by atoms with van der Waals surface area (Å²) in [4.78, 5) is 25.0. The largest absolute Gasteiger partial charge is 0.462 e. The minimum absolute atomic E-state index is 0.0615. The van der Waals surface area contributed by atoms with Gasteiger partial charge in [-0.05, 0) is 31.5 Å². The van der Waals surface area contributed by atoms with E-state index in [1.165, 1.54) is 5.56 Å². The van der Waals surface area contributed by atoms with Crippen LogP contribution >= 0.6 is 0 Å². The van der Waals surface area contributed by atoms with Gasteiger partial charge >= 0.3 is 5.97 Å². The smallest absolute Gasteiger partial charge is 0.343 e. The Kier molecular flexibility index (Phi) is 3.53. The summed E-state index contributed by atoms with van der Waals surface area (Å²) in [5, 5.41) is 1.50. The van der Waals surface area contributed by atoms with Gasteiger partial charge in [0.15, 0.2) is 0 Å². The number of nitrogens with zero attached hydrogens (tertiary/aromatic N) is 1. The first-order chi connectivity index (χ1) is 12.1. The molecule has 4 nitrogen and oxygen atoms in total. The third-order valence-corrected chi connectivity index (χ3v) is 4.45. The number of carbonyl (C=O) groups excluding carboxylic acids is 1. The third-order valence-electron chi connectivity index (χ3n) is 4.45. The Bertz CT molecular complexity index is 1140. The van der Waals surface area contributed by atoms with Gasteiger partial charge in [-0.3, -0.25) is 4.79 Å². The maximum atomic E-state index is 12.7. The van der Waals surface area contributed by atoms with E-state index in [-0.39, 0.29) is 17.6 Å². The number of rotatable bonds is 3. The summed E-state index contributed by atoms with van der Waals surface area (Å²) in [6, 6.07) is 15.8. The second-order valence-electron chi connectivity index (χ2n) is 6.10. The molecule has 0 unspecified atom stereocenters. The molecule has 0 N–H and O–H groups in total. The zero-order chi connectivity index (χ0) is 17.6. The Morgan fingerprint density at radius 2 is 1.88 bits per heavy atom. The number of aromatic nitrogens is 1. The van der Waals surface area contributed by atoms with Gasteiger partial charge in [-0.25, -0.2) is 4.79 Å². The van der Waals surface area contributed by atoms with Gasteiger partial charge in [-0.1, -0.05) is 42.0 Å². The Morgan fingerprint density at radius 3 is 2.60 bits per heavy atom. The molecule has 2 aromatic heterocycles. The van der Waals surface area contributed by atoms with Gasteiger partial charge in [0.25, 0.3) is 0 Å². The molecule has 25 heavy (non-hydrogen) atoms. The van der Waals surface area contributed by atoms with Crippen LogP contribution in [0.25, 0.3) is 27.5 Å². The summed E-state index contributed by atoms with van der Waals surface area (Å²) >= 11 is 0. The van der Waals surface area contributed by atoms with E-state index < -0.39 is 5.97 Å². The first-order valence-electron chi connectivity index (χ1n) is 8.24. The highest BCUT2D eigenvalue weighted by atomic mass is 16.5. The number of pyridine rings is 1. The standard InChI is InChI=1S/C21H17NO3/c1-3-25-21(24)17-12-22-18(14-9-7-13(2)8-10-14)11-15-5-4-6-16(19(15)22)20(17)23/h4-12H,3H2,1-2H3. The zero-order valence-corrected chi connectivity index (χ0v) is 14.1. The van der Waals surface area contributed by atoms with Crippen molar-refractivity contribution in [1.29, 1.82) is 0 Å².